The normalized spacial score (nSPS) is 17.6. The van der Waals surface area contributed by atoms with Crippen molar-refractivity contribution in [2.45, 2.75) is 32.5 Å². The number of halogens is 3. The Hall–Kier alpha value is -1.23. The maximum Gasteiger partial charge on any atom is 0.391 e. The zero-order valence-corrected chi connectivity index (χ0v) is 11.9. The molecule has 1 aromatic rings. The molecule has 2 nitrogen and oxygen atoms in total. The van der Waals surface area contributed by atoms with E-state index in [1.54, 1.807) is 0 Å². The van der Waals surface area contributed by atoms with Crippen LogP contribution in [0.15, 0.2) is 18.2 Å². The molecular formula is C15H21F3N2. The first-order chi connectivity index (χ1) is 9.41. The summed E-state index contributed by atoms with van der Waals surface area (Å²) in [5.41, 5.74) is 3.38. The first kappa shape index (κ1) is 15.2. The number of anilines is 1. The van der Waals surface area contributed by atoms with Gasteiger partial charge in [-0.15, -0.1) is 0 Å². The summed E-state index contributed by atoms with van der Waals surface area (Å²) < 4.78 is 38.1. The van der Waals surface area contributed by atoms with Gasteiger partial charge in [-0.2, -0.15) is 13.2 Å². The molecule has 5 heteroatoms. The Morgan fingerprint density at radius 1 is 1.25 bits per heavy atom. The van der Waals surface area contributed by atoms with Gasteiger partial charge in [0.1, 0.15) is 0 Å². The average molecular weight is 286 g/mol. The molecule has 0 aliphatic carbocycles. The number of alkyl halides is 3. The average Bonchev–Trinajstić information content (AvgIpc) is 2.38. The van der Waals surface area contributed by atoms with Crippen molar-refractivity contribution in [3.63, 3.8) is 0 Å². The second-order valence-electron chi connectivity index (χ2n) is 5.47. The highest BCUT2D eigenvalue weighted by Gasteiger charge is 2.41. The van der Waals surface area contributed by atoms with E-state index in [-0.39, 0.29) is 12.8 Å². The monoisotopic (exact) mass is 286 g/mol. The van der Waals surface area contributed by atoms with Crippen LogP contribution in [-0.2, 0) is 6.54 Å². The van der Waals surface area contributed by atoms with Crippen LogP contribution < -0.4 is 10.2 Å². The van der Waals surface area contributed by atoms with Gasteiger partial charge in [0.05, 0.1) is 5.92 Å². The van der Waals surface area contributed by atoms with Gasteiger partial charge in [-0.1, -0.05) is 17.7 Å². The van der Waals surface area contributed by atoms with Gasteiger partial charge in [0.2, 0.25) is 0 Å². The number of hydrogen-bond donors (Lipinski definition) is 1. The lowest BCUT2D eigenvalue weighted by Gasteiger charge is -2.35. The van der Waals surface area contributed by atoms with Crippen LogP contribution in [0.3, 0.4) is 0 Å². The van der Waals surface area contributed by atoms with Crippen LogP contribution in [0.5, 0.6) is 0 Å². The van der Waals surface area contributed by atoms with E-state index in [0.29, 0.717) is 13.1 Å². The number of nitrogens with one attached hydrogen (secondary N) is 1. The number of piperidine rings is 1. The summed E-state index contributed by atoms with van der Waals surface area (Å²) in [5, 5.41) is 3.12. The lowest BCUT2D eigenvalue weighted by atomic mass is 9.95. The molecule has 1 aromatic carbocycles. The molecule has 0 unspecified atom stereocenters. The molecule has 112 valence electrons. The molecule has 0 bridgehead atoms. The smallest absolute Gasteiger partial charge is 0.371 e. The SMILES string of the molecule is CNCc1cc(C)ccc1N1CCC(C(F)(F)F)CC1. The van der Waals surface area contributed by atoms with Crippen LogP contribution >= 0.6 is 0 Å². The van der Waals surface area contributed by atoms with Gasteiger partial charge in [-0.3, -0.25) is 0 Å². The number of hydrogen-bond acceptors (Lipinski definition) is 2. The highest BCUT2D eigenvalue weighted by atomic mass is 19.4. The molecule has 2 rings (SSSR count). The van der Waals surface area contributed by atoms with Gasteiger partial charge < -0.3 is 10.2 Å². The van der Waals surface area contributed by atoms with Crippen LogP contribution in [0.1, 0.15) is 24.0 Å². The Morgan fingerprint density at radius 2 is 1.90 bits per heavy atom. The molecule has 0 amide bonds. The van der Waals surface area contributed by atoms with E-state index in [9.17, 15) is 13.2 Å². The number of nitrogens with zero attached hydrogens (tertiary/aromatic N) is 1. The molecule has 0 saturated carbocycles. The number of aryl methyl sites for hydroxylation is 1. The van der Waals surface area contributed by atoms with Crippen LogP contribution in [0.4, 0.5) is 18.9 Å². The van der Waals surface area contributed by atoms with Gasteiger partial charge >= 0.3 is 6.18 Å². The standard InChI is InChI=1S/C15H21F3N2/c1-11-3-4-14(12(9-11)10-19-2)20-7-5-13(6-8-20)15(16,17)18/h3-4,9,13,19H,5-8,10H2,1-2H3. The highest BCUT2D eigenvalue weighted by Crippen LogP contribution is 2.36. The third-order valence-corrected chi connectivity index (χ3v) is 3.90. The molecule has 0 radical (unpaired) electrons. The molecule has 1 aliphatic rings. The summed E-state index contributed by atoms with van der Waals surface area (Å²) in [6, 6.07) is 6.14. The van der Waals surface area contributed by atoms with Crippen LogP contribution in [0.25, 0.3) is 0 Å². The molecule has 0 spiro atoms. The first-order valence-corrected chi connectivity index (χ1v) is 6.97. The minimum atomic E-state index is -4.05. The Labute approximate surface area is 118 Å². The Balaban J connectivity index is 2.10. The van der Waals surface area contributed by atoms with Crippen molar-refractivity contribution in [2.75, 3.05) is 25.0 Å². The van der Waals surface area contributed by atoms with Crippen LogP contribution in [0.2, 0.25) is 0 Å². The predicted octanol–water partition coefficient (Wildman–Crippen LogP) is 3.49. The van der Waals surface area contributed by atoms with Gasteiger partial charge in [-0.05, 0) is 38.4 Å². The van der Waals surface area contributed by atoms with Crippen LogP contribution in [0, 0.1) is 12.8 Å². The molecule has 1 aliphatic heterocycles. The summed E-state index contributed by atoms with van der Waals surface area (Å²) in [4.78, 5) is 2.08. The topological polar surface area (TPSA) is 15.3 Å². The third-order valence-electron chi connectivity index (χ3n) is 3.90. The molecule has 1 heterocycles. The van der Waals surface area contributed by atoms with Crippen molar-refractivity contribution in [3.05, 3.63) is 29.3 Å². The summed E-state index contributed by atoms with van der Waals surface area (Å²) in [6.07, 6.45) is -3.67. The largest absolute Gasteiger partial charge is 0.391 e. The Kier molecular flexibility index (Phi) is 4.58. The molecule has 1 saturated heterocycles. The van der Waals surface area contributed by atoms with Gasteiger partial charge in [0, 0.05) is 25.3 Å². The molecule has 1 N–H and O–H groups in total. The molecule has 20 heavy (non-hydrogen) atoms. The maximum absolute atomic E-state index is 12.7. The van der Waals surface area contributed by atoms with Gasteiger partial charge in [-0.25, -0.2) is 0 Å². The second-order valence-corrected chi connectivity index (χ2v) is 5.47. The van der Waals surface area contributed by atoms with Crippen molar-refractivity contribution in [2.24, 2.45) is 5.92 Å². The van der Waals surface area contributed by atoms with E-state index in [0.717, 1.165) is 17.8 Å². The lowest BCUT2D eigenvalue weighted by molar-refractivity contribution is -0.179. The lowest BCUT2D eigenvalue weighted by Crippen LogP contribution is -2.39. The second kappa shape index (κ2) is 6.04. The van der Waals surface area contributed by atoms with E-state index in [2.05, 4.69) is 16.3 Å². The zero-order chi connectivity index (χ0) is 14.8. The third kappa shape index (κ3) is 3.45. The van der Waals surface area contributed by atoms with E-state index >= 15 is 0 Å². The summed E-state index contributed by atoms with van der Waals surface area (Å²) in [5.74, 6) is -1.14. The van der Waals surface area contributed by atoms with Crippen molar-refractivity contribution >= 4 is 5.69 Å². The fraction of sp³-hybridized carbons (Fsp3) is 0.600. The minimum Gasteiger partial charge on any atom is -0.371 e. The molecule has 0 atom stereocenters. The quantitative estimate of drug-likeness (QED) is 0.915. The fourth-order valence-corrected chi connectivity index (χ4v) is 2.80. The summed E-state index contributed by atoms with van der Waals surface area (Å²) in [7, 11) is 1.88. The van der Waals surface area contributed by atoms with E-state index < -0.39 is 12.1 Å². The van der Waals surface area contributed by atoms with E-state index in [4.69, 9.17) is 0 Å². The Bertz CT molecular complexity index is 449. The van der Waals surface area contributed by atoms with Crippen molar-refractivity contribution in [3.8, 4) is 0 Å². The van der Waals surface area contributed by atoms with Gasteiger partial charge in [0.15, 0.2) is 0 Å². The fourth-order valence-electron chi connectivity index (χ4n) is 2.80. The summed E-state index contributed by atoms with van der Waals surface area (Å²) in [6.45, 7) is 3.71. The maximum atomic E-state index is 12.7. The van der Waals surface area contributed by atoms with Gasteiger partial charge in [0.25, 0.3) is 0 Å². The van der Waals surface area contributed by atoms with Crippen molar-refractivity contribution < 1.29 is 13.2 Å². The number of benzene rings is 1. The van der Waals surface area contributed by atoms with Crippen molar-refractivity contribution in [1.29, 1.82) is 0 Å². The highest BCUT2D eigenvalue weighted by molar-refractivity contribution is 5.55. The minimum absolute atomic E-state index is 0.191. The Morgan fingerprint density at radius 3 is 2.45 bits per heavy atom. The summed E-state index contributed by atoms with van der Waals surface area (Å²) >= 11 is 0. The molecular weight excluding hydrogens is 265 g/mol. The molecule has 1 fully saturated rings. The van der Waals surface area contributed by atoms with E-state index in [1.807, 2.05) is 26.1 Å². The first-order valence-electron chi connectivity index (χ1n) is 6.97. The zero-order valence-electron chi connectivity index (χ0n) is 11.9. The molecule has 0 aromatic heterocycles. The van der Waals surface area contributed by atoms with Crippen molar-refractivity contribution in [1.82, 2.24) is 5.32 Å². The predicted molar refractivity (Wildman–Crippen MR) is 74.9 cm³/mol. The van der Waals surface area contributed by atoms with E-state index in [1.165, 1.54) is 5.56 Å². The number of rotatable bonds is 3. The van der Waals surface area contributed by atoms with Crippen LogP contribution in [-0.4, -0.2) is 26.3 Å².